The fraction of sp³-hybridized carbons (Fsp3) is 0.647. The van der Waals surface area contributed by atoms with Crippen molar-refractivity contribution in [3.8, 4) is 0 Å². The lowest BCUT2D eigenvalue weighted by molar-refractivity contribution is -0.134. The van der Waals surface area contributed by atoms with Crippen LogP contribution in [0.1, 0.15) is 43.4 Å². The topological polar surface area (TPSA) is 63.9 Å². The lowest BCUT2D eigenvalue weighted by Crippen LogP contribution is -2.50. The van der Waals surface area contributed by atoms with Crippen LogP contribution in [0, 0.1) is 5.92 Å². The number of hydrogen-bond donors (Lipinski definition) is 0. The van der Waals surface area contributed by atoms with Gasteiger partial charge in [0, 0.05) is 17.5 Å². The van der Waals surface area contributed by atoms with Crippen molar-refractivity contribution in [3.63, 3.8) is 0 Å². The molecule has 134 valence electrons. The predicted molar refractivity (Wildman–Crippen MR) is 98.7 cm³/mol. The Balaban J connectivity index is 1.36. The van der Waals surface area contributed by atoms with Crippen molar-refractivity contribution < 1.29 is 4.79 Å². The average molecular weight is 378 g/mol. The van der Waals surface area contributed by atoms with E-state index in [0.717, 1.165) is 24.0 Å². The number of likely N-dealkylation sites (tertiary alicyclic amines) is 1. The minimum atomic E-state index is 0.243. The molecule has 1 amide bonds. The van der Waals surface area contributed by atoms with Crippen molar-refractivity contribution in [2.24, 2.45) is 5.92 Å². The second kappa shape index (κ2) is 7.86. The maximum Gasteiger partial charge on any atom is 0.233 e. The van der Waals surface area contributed by atoms with Gasteiger partial charge in [0.1, 0.15) is 0 Å². The number of carbonyl (C=O) groups is 1. The van der Waals surface area contributed by atoms with E-state index < -0.39 is 0 Å². The molecule has 0 radical (unpaired) electrons. The molecule has 0 N–H and O–H groups in total. The molecule has 3 heterocycles. The highest BCUT2D eigenvalue weighted by atomic mass is 32.2. The summed E-state index contributed by atoms with van der Waals surface area (Å²) in [5, 5.41) is 14.7. The van der Waals surface area contributed by atoms with Crippen LogP contribution in [0.15, 0.2) is 22.7 Å². The third-order valence-electron chi connectivity index (χ3n) is 5.27. The maximum absolute atomic E-state index is 12.8. The molecular weight excluding hydrogens is 354 g/mol. The number of carbonyl (C=O) groups excluding carboxylic acids is 1. The summed E-state index contributed by atoms with van der Waals surface area (Å²) in [6.45, 7) is 1.58. The lowest BCUT2D eigenvalue weighted by Gasteiger charge is -2.44. The molecule has 1 saturated carbocycles. The van der Waals surface area contributed by atoms with Gasteiger partial charge in [0.05, 0.1) is 12.3 Å². The first-order valence-electron chi connectivity index (χ1n) is 9.02. The Kier molecular flexibility index (Phi) is 5.36. The van der Waals surface area contributed by atoms with Gasteiger partial charge in [0.2, 0.25) is 11.1 Å². The van der Waals surface area contributed by atoms with Gasteiger partial charge in [-0.05, 0) is 53.5 Å². The molecule has 2 aliphatic rings. The van der Waals surface area contributed by atoms with Crippen LogP contribution in [0.25, 0.3) is 0 Å². The van der Waals surface area contributed by atoms with Gasteiger partial charge in [-0.25, -0.2) is 4.68 Å². The highest BCUT2D eigenvalue weighted by molar-refractivity contribution is 7.99. The first-order chi connectivity index (χ1) is 12.3. The summed E-state index contributed by atoms with van der Waals surface area (Å²) in [5.41, 5.74) is 0. The molecule has 1 aliphatic heterocycles. The summed E-state index contributed by atoms with van der Waals surface area (Å²) in [7, 11) is 0. The summed E-state index contributed by atoms with van der Waals surface area (Å²) in [6, 6.07) is 4.57. The van der Waals surface area contributed by atoms with Gasteiger partial charge in [-0.15, -0.1) is 16.4 Å². The molecule has 2 fully saturated rings. The minimum absolute atomic E-state index is 0.243. The number of piperidine rings is 1. The monoisotopic (exact) mass is 377 g/mol. The normalized spacial score (nSPS) is 23.4. The molecule has 25 heavy (non-hydrogen) atoms. The molecule has 0 spiro atoms. The average Bonchev–Trinajstić information content (AvgIpc) is 3.31. The third kappa shape index (κ3) is 3.89. The Labute approximate surface area is 156 Å². The zero-order valence-corrected chi connectivity index (χ0v) is 15.8. The Morgan fingerprint density at radius 1 is 1.28 bits per heavy atom. The van der Waals surface area contributed by atoms with E-state index in [1.165, 1.54) is 48.7 Å². The molecule has 1 saturated heterocycles. The van der Waals surface area contributed by atoms with Crippen LogP contribution in [-0.4, -0.2) is 49.4 Å². The minimum Gasteiger partial charge on any atom is -0.339 e. The smallest absolute Gasteiger partial charge is 0.233 e. The van der Waals surface area contributed by atoms with E-state index >= 15 is 0 Å². The standard InChI is InChI=1S/C17H23N5OS2/c23-16(21-9-3-6-13-5-1-2-8-15(13)21)12-25-17-18-19-20-22(17)11-14-7-4-10-24-14/h4,7,10,13,15H,1-3,5-6,8-9,11-12H2. The first-order valence-corrected chi connectivity index (χ1v) is 10.9. The number of amides is 1. The van der Waals surface area contributed by atoms with Gasteiger partial charge in [-0.3, -0.25) is 4.79 Å². The largest absolute Gasteiger partial charge is 0.339 e. The predicted octanol–water partition coefficient (Wildman–Crippen LogP) is 3.06. The van der Waals surface area contributed by atoms with Crippen LogP contribution >= 0.6 is 23.1 Å². The van der Waals surface area contributed by atoms with Crippen molar-refractivity contribution in [2.75, 3.05) is 12.3 Å². The van der Waals surface area contributed by atoms with Crippen LogP contribution in [0.3, 0.4) is 0 Å². The molecule has 2 atom stereocenters. The Morgan fingerprint density at radius 3 is 3.04 bits per heavy atom. The Morgan fingerprint density at radius 2 is 2.16 bits per heavy atom. The van der Waals surface area contributed by atoms with Crippen LogP contribution in [0.4, 0.5) is 0 Å². The second-order valence-corrected chi connectivity index (χ2v) is 8.80. The molecule has 2 aromatic rings. The van der Waals surface area contributed by atoms with Crippen LogP contribution in [0.2, 0.25) is 0 Å². The molecule has 1 aliphatic carbocycles. The van der Waals surface area contributed by atoms with Crippen molar-refractivity contribution in [2.45, 2.75) is 56.3 Å². The second-order valence-electron chi connectivity index (χ2n) is 6.83. The molecular formula is C17H23N5OS2. The van der Waals surface area contributed by atoms with Crippen LogP contribution in [-0.2, 0) is 11.3 Å². The Hall–Kier alpha value is -1.41. The number of tetrazole rings is 1. The van der Waals surface area contributed by atoms with E-state index in [1.807, 2.05) is 11.4 Å². The number of thiophene rings is 1. The maximum atomic E-state index is 12.8. The molecule has 2 aromatic heterocycles. The highest BCUT2D eigenvalue weighted by Crippen LogP contribution is 2.35. The van der Waals surface area contributed by atoms with E-state index in [-0.39, 0.29) is 5.91 Å². The van der Waals surface area contributed by atoms with Crippen LogP contribution < -0.4 is 0 Å². The molecule has 2 unspecified atom stereocenters. The molecule has 0 aromatic carbocycles. The van der Waals surface area contributed by atoms with E-state index in [4.69, 9.17) is 0 Å². The van der Waals surface area contributed by atoms with Gasteiger partial charge in [0.25, 0.3) is 0 Å². The first kappa shape index (κ1) is 17.0. The number of rotatable bonds is 5. The van der Waals surface area contributed by atoms with Gasteiger partial charge in [0.15, 0.2) is 0 Å². The van der Waals surface area contributed by atoms with Crippen LogP contribution in [0.5, 0.6) is 0 Å². The van der Waals surface area contributed by atoms with E-state index in [2.05, 4.69) is 26.5 Å². The number of thioether (sulfide) groups is 1. The summed E-state index contributed by atoms with van der Waals surface area (Å²) < 4.78 is 1.78. The summed E-state index contributed by atoms with van der Waals surface area (Å²) >= 11 is 3.15. The van der Waals surface area contributed by atoms with Crippen molar-refractivity contribution >= 4 is 29.0 Å². The lowest BCUT2D eigenvalue weighted by atomic mass is 9.78. The van der Waals surface area contributed by atoms with Crippen molar-refractivity contribution in [1.82, 2.24) is 25.1 Å². The zero-order valence-electron chi connectivity index (χ0n) is 14.2. The van der Waals surface area contributed by atoms with E-state index in [0.29, 0.717) is 18.3 Å². The zero-order chi connectivity index (χ0) is 17.1. The summed E-state index contributed by atoms with van der Waals surface area (Å²) in [4.78, 5) is 16.2. The van der Waals surface area contributed by atoms with E-state index in [9.17, 15) is 4.79 Å². The molecule has 8 heteroatoms. The SMILES string of the molecule is O=C(CSc1nnnn1Cc1cccs1)N1CCCC2CCCCC21. The summed E-state index contributed by atoms with van der Waals surface area (Å²) in [6.07, 6.45) is 7.50. The number of fused-ring (bicyclic) bond motifs is 1. The van der Waals surface area contributed by atoms with Gasteiger partial charge in [-0.2, -0.15) is 0 Å². The quantitative estimate of drug-likeness (QED) is 0.750. The van der Waals surface area contributed by atoms with Gasteiger partial charge in [-0.1, -0.05) is 30.7 Å². The Bertz CT molecular complexity index is 700. The van der Waals surface area contributed by atoms with E-state index in [1.54, 1.807) is 16.0 Å². The van der Waals surface area contributed by atoms with Crippen molar-refractivity contribution in [1.29, 1.82) is 0 Å². The number of aromatic nitrogens is 4. The summed E-state index contributed by atoms with van der Waals surface area (Å²) in [5.74, 6) is 1.39. The number of hydrogen-bond acceptors (Lipinski definition) is 6. The highest BCUT2D eigenvalue weighted by Gasteiger charge is 2.35. The number of nitrogens with zero attached hydrogens (tertiary/aromatic N) is 5. The van der Waals surface area contributed by atoms with Gasteiger partial charge >= 0.3 is 0 Å². The fourth-order valence-corrected chi connectivity index (χ4v) is 5.54. The molecule has 0 bridgehead atoms. The fourth-order valence-electron chi connectivity index (χ4n) is 4.09. The molecule has 6 nitrogen and oxygen atoms in total. The van der Waals surface area contributed by atoms with Gasteiger partial charge < -0.3 is 4.90 Å². The third-order valence-corrected chi connectivity index (χ3v) is 7.08. The molecule has 4 rings (SSSR count). The van der Waals surface area contributed by atoms with Crippen molar-refractivity contribution in [3.05, 3.63) is 22.4 Å².